The molecule has 1 aromatic heterocycles. The van der Waals surface area contributed by atoms with Crippen LogP contribution in [0, 0.1) is 0 Å². The van der Waals surface area contributed by atoms with Gasteiger partial charge < -0.3 is 10.1 Å². The maximum Gasteiger partial charge on any atom is 0.224 e. The lowest BCUT2D eigenvalue weighted by atomic mass is 10.2. The molecule has 5 nitrogen and oxygen atoms in total. The predicted molar refractivity (Wildman–Crippen MR) is 81.5 cm³/mol. The van der Waals surface area contributed by atoms with Gasteiger partial charge in [0.05, 0.1) is 19.2 Å². The molecule has 1 amide bonds. The van der Waals surface area contributed by atoms with Crippen LogP contribution in [0.5, 0.6) is 5.75 Å². The van der Waals surface area contributed by atoms with Gasteiger partial charge in [-0.2, -0.15) is 5.10 Å². The Morgan fingerprint density at radius 1 is 1.43 bits per heavy atom. The minimum Gasteiger partial charge on any atom is -0.489 e. The number of hydrogen-bond donors (Lipinski definition) is 1. The molecule has 1 N–H and O–H groups in total. The first kappa shape index (κ1) is 15.4. The summed E-state index contributed by atoms with van der Waals surface area (Å²) in [6.45, 7) is 2.35. The molecular formula is C15H18ClN3O2. The minimum absolute atomic E-state index is 0.0467. The molecule has 0 aliphatic carbocycles. The highest BCUT2D eigenvalue weighted by Crippen LogP contribution is 2.16. The normalized spacial score (nSPS) is 12.0. The molecule has 0 spiro atoms. The SMILES string of the molecule is C[C@H](CNC(=O)Cc1cnn(C)c1)Oc1ccc(Cl)cc1. The third-order valence-corrected chi connectivity index (χ3v) is 3.11. The summed E-state index contributed by atoms with van der Waals surface area (Å²) >= 11 is 5.81. The lowest BCUT2D eigenvalue weighted by Gasteiger charge is -2.15. The van der Waals surface area contributed by atoms with Crippen LogP contribution in [-0.2, 0) is 18.3 Å². The van der Waals surface area contributed by atoms with Crippen LogP contribution in [0.4, 0.5) is 0 Å². The fraction of sp³-hybridized carbons (Fsp3) is 0.333. The Morgan fingerprint density at radius 3 is 2.76 bits per heavy atom. The Hall–Kier alpha value is -2.01. The number of rotatable bonds is 6. The molecule has 1 heterocycles. The molecule has 0 radical (unpaired) electrons. The van der Waals surface area contributed by atoms with E-state index in [4.69, 9.17) is 16.3 Å². The molecule has 0 fully saturated rings. The summed E-state index contributed by atoms with van der Waals surface area (Å²) in [7, 11) is 1.82. The number of aryl methyl sites for hydroxylation is 1. The van der Waals surface area contributed by atoms with E-state index in [1.165, 1.54) is 0 Å². The van der Waals surface area contributed by atoms with Crippen LogP contribution in [0.2, 0.25) is 5.02 Å². The van der Waals surface area contributed by atoms with Gasteiger partial charge in [-0.25, -0.2) is 0 Å². The summed E-state index contributed by atoms with van der Waals surface area (Å²) < 4.78 is 7.36. The molecule has 1 atom stereocenters. The first-order valence-corrected chi connectivity index (χ1v) is 7.07. The van der Waals surface area contributed by atoms with Crippen LogP contribution in [-0.4, -0.2) is 28.3 Å². The van der Waals surface area contributed by atoms with E-state index >= 15 is 0 Å². The number of ether oxygens (including phenoxy) is 1. The molecule has 1 aromatic carbocycles. The molecule has 2 rings (SSSR count). The van der Waals surface area contributed by atoms with Gasteiger partial charge in [-0.1, -0.05) is 11.6 Å². The largest absolute Gasteiger partial charge is 0.489 e. The molecule has 0 saturated carbocycles. The fourth-order valence-electron chi connectivity index (χ4n) is 1.86. The topological polar surface area (TPSA) is 56.2 Å². The quantitative estimate of drug-likeness (QED) is 0.890. The highest BCUT2D eigenvalue weighted by Gasteiger charge is 2.08. The van der Waals surface area contributed by atoms with E-state index in [1.807, 2.05) is 20.2 Å². The number of amides is 1. The molecule has 21 heavy (non-hydrogen) atoms. The zero-order valence-electron chi connectivity index (χ0n) is 12.0. The number of nitrogens with one attached hydrogen (secondary N) is 1. The number of carbonyl (C=O) groups is 1. The lowest BCUT2D eigenvalue weighted by molar-refractivity contribution is -0.120. The van der Waals surface area contributed by atoms with Crippen LogP contribution < -0.4 is 10.1 Å². The number of hydrogen-bond acceptors (Lipinski definition) is 3. The number of carbonyl (C=O) groups excluding carboxylic acids is 1. The molecular weight excluding hydrogens is 290 g/mol. The molecule has 0 aliphatic heterocycles. The molecule has 2 aromatic rings. The van der Waals surface area contributed by atoms with Crippen LogP contribution in [0.1, 0.15) is 12.5 Å². The minimum atomic E-state index is -0.121. The van der Waals surface area contributed by atoms with E-state index in [1.54, 1.807) is 35.1 Å². The van der Waals surface area contributed by atoms with E-state index in [-0.39, 0.29) is 12.0 Å². The summed E-state index contributed by atoms with van der Waals surface area (Å²) in [6.07, 6.45) is 3.71. The highest BCUT2D eigenvalue weighted by molar-refractivity contribution is 6.30. The van der Waals surface area contributed by atoms with Gasteiger partial charge >= 0.3 is 0 Å². The Morgan fingerprint density at radius 2 is 2.14 bits per heavy atom. The number of aromatic nitrogens is 2. The van der Waals surface area contributed by atoms with Gasteiger partial charge in [0.1, 0.15) is 11.9 Å². The first-order valence-electron chi connectivity index (χ1n) is 6.69. The maximum absolute atomic E-state index is 11.8. The van der Waals surface area contributed by atoms with Crippen molar-refractivity contribution in [3.63, 3.8) is 0 Å². The van der Waals surface area contributed by atoms with Gasteiger partial charge in [0.25, 0.3) is 0 Å². The van der Waals surface area contributed by atoms with Crippen molar-refractivity contribution in [3.8, 4) is 5.75 Å². The van der Waals surface area contributed by atoms with Crippen LogP contribution in [0.25, 0.3) is 0 Å². The van der Waals surface area contributed by atoms with Crippen molar-refractivity contribution in [2.75, 3.05) is 6.54 Å². The summed E-state index contributed by atoms with van der Waals surface area (Å²) in [6, 6.07) is 7.14. The van der Waals surface area contributed by atoms with Gasteiger partial charge in [0.2, 0.25) is 5.91 Å². The summed E-state index contributed by atoms with van der Waals surface area (Å²) in [5.41, 5.74) is 0.890. The second-order valence-electron chi connectivity index (χ2n) is 4.89. The monoisotopic (exact) mass is 307 g/mol. The van der Waals surface area contributed by atoms with E-state index in [9.17, 15) is 4.79 Å². The maximum atomic E-state index is 11.8. The van der Waals surface area contributed by atoms with E-state index in [0.29, 0.717) is 18.0 Å². The molecule has 112 valence electrons. The predicted octanol–water partition coefficient (Wildman–Crippen LogP) is 2.20. The van der Waals surface area contributed by atoms with Crippen molar-refractivity contribution >= 4 is 17.5 Å². The average molecular weight is 308 g/mol. The van der Waals surface area contributed by atoms with Gasteiger partial charge in [-0.15, -0.1) is 0 Å². The number of benzene rings is 1. The van der Waals surface area contributed by atoms with Gasteiger partial charge in [0.15, 0.2) is 0 Å². The molecule has 6 heteroatoms. The summed E-state index contributed by atoms with van der Waals surface area (Å²) in [5.74, 6) is 0.683. The zero-order valence-corrected chi connectivity index (χ0v) is 12.8. The van der Waals surface area contributed by atoms with E-state index < -0.39 is 0 Å². The Balaban J connectivity index is 1.74. The van der Waals surface area contributed by atoms with E-state index in [0.717, 1.165) is 11.3 Å². The second-order valence-corrected chi connectivity index (χ2v) is 5.32. The smallest absolute Gasteiger partial charge is 0.224 e. The van der Waals surface area contributed by atoms with Gasteiger partial charge in [-0.05, 0) is 36.8 Å². The molecule has 0 bridgehead atoms. The highest BCUT2D eigenvalue weighted by atomic mass is 35.5. The van der Waals surface area contributed by atoms with Crippen LogP contribution in [0.3, 0.4) is 0 Å². The van der Waals surface area contributed by atoms with Crippen molar-refractivity contribution < 1.29 is 9.53 Å². The van der Waals surface area contributed by atoms with Crippen LogP contribution in [0.15, 0.2) is 36.7 Å². The van der Waals surface area contributed by atoms with Crippen LogP contribution >= 0.6 is 11.6 Å². The molecule has 0 saturated heterocycles. The van der Waals surface area contributed by atoms with Crippen molar-refractivity contribution in [1.82, 2.24) is 15.1 Å². The van der Waals surface area contributed by atoms with Crippen molar-refractivity contribution in [2.45, 2.75) is 19.4 Å². The lowest BCUT2D eigenvalue weighted by Crippen LogP contribution is -2.34. The standard InChI is InChI=1S/C15H18ClN3O2/c1-11(21-14-5-3-13(16)4-6-14)8-17-15(20)7-12-9-18-19(2)10-12/h3-6,9-11H,7-8H2,1-2H3,(H,17,20)/t11-/m1/s1. The fourth-order valence-corrected chi connectivity index (χ4v) is 1.98. The Labute approximate surface area is 128 Å². The van der Waals surface area contributed by atoms with Gasteiger partial charge in [0, 0.05) is 18.3 Å². The third kappa shape index (κ3) is 5.11. The third-order valence-electron chi connectivity index (χ3n) is 2.86. The molecule has 0 aliphatic rings. The van der Waals surface area contributed by atoms with Crippen molar-refractivity contribution in [2.24, 2.45) is 7.05 Å². The molecule has 0 unspecified atom stereocenters. The Bertz CT molecular complexity index is 595. The van der Waals surface area contributed by atoms with E-state index in [2.05, 4.69) is 10.4 Å². The summed E-state index contributed by atoms with van der Waals surface area (Å²) in [4.78, 5) is 11.8. The van der Waals surface area contributed by atoms with Gasteiger partial charge in [-0.3, -0.25) is 9.48 Å². The number of nitrogens with zero attached hydrogens (tertiary/aromatic N) is 2. The second kappa shape index (κ2) is 7.13. The first-order chi connectivity index (χ1) is 10.0. The average Bonchev–Trinajstić information content (AvgIpc) is 2.84. The Kier molecular flexibility index (Phi) is 5.22. The zero-order chi connectivity index (χ0) is 15.2. The summed E-state index contributed by atoms with van der Waals surface area (Å²) in [5, 5.41) is 7.54. The number of halogens is 1. The van der Waals surface area contributed by atoms with Crippen molar-refractivity contribution in [1.29, 1.82) is 0 Å². The van der Waals surface area contributed by atoms with Crippen molar-refractivity contribution in [3.05, 3.63) is 47.2 Å².